The molecule has 0 spiro atoms. The van der Waals surface area contributed by atoms with Crippen LogP contribution in [0.3, 0.4) is 0 Å². The van der Waals surface area contributed by atoms with E-state index in [1.165, 1.54) is 0 Å². The molecular weight excluding hydrogens is 572 g/mol. The number of anilines is 1. The van der Waals surface area contributed by atoms with E-state index in [9.17, 15) is 43.4 Å². The quantitative estimate of drug-likeness (QED) is 0.141. The summed E-state index contributed by atoms with van der Waals surface area (Å²) >= 11 is 0. The Morgan fingerprint density at radius 2 is 1.80 bits per heavy atom. The summed E-state index contributed by atoms with van der Waals surface area (Å²) in [6.07, 6.45) is -5.43. The van der Waals surface area contributed by atoms with Gasteiger partial charge in [-0.25, -0.2) is 4.98 Å². The van der Waals surface area contributed by atoms with Crippen molar-refractivity contribution in [2.75, 3.05) is 18.2 Å². The third-order valence-corrected chi connectivity index (χ3v) is 9.11. The summed E-state index contributed by atoms with van der Waals surface area (Å²) in [4.78, 5) is 64.0. The van der Waals surface area contributed by atoms with E-state index < -0.39 is 65.6 Å². The Kier molecular flexibility index (Phi) is 14.3. The van der Waals surface area contributed by atoms with Crippen molar-refractivity contribution in [2.45, 2.75) is 24.5 Å². The second kappa shape index (κ2) is 13.7. The number of phosphoric acid groups is 1. The summed E-state index contributed by atoms with van der Waals surface area (Å²) in [6.45, 7) is -1.06. The van der Waals surface area contributed by atoms with Gasteiger partial charge in [0.2, 0.25) is 5.95 Å². The fourth-order valence-corrected chi connectivity index (χ4v) is 6.97. The predicted molar refractivity (Wildman–Crippen MR) is 107 cm³/mol. The van der Waals surface area contributed by atoms with Crippen LogP contribution in [0.4, 0.5) is 5.95 Å². The van der Waals surface area contributed by atoms with Crippen molar-refractivity contribution in [2.24, 2.45) is 0 Å². The van der Waals surface area contributed by atoms with Crippen LogP contribution in [0.2, 0.25) is 0 Å². The van der Waals surface area contributed by atoms with Gasteiger partial charge in [-0.15, -0.1) is 0 Å². The van der Waals surface area contributed by atoms with Crippen molar-refractivity contribution in [1.82, 2.24) is 19.5 Å². The molecule has 6 N–H and O–H groups in total. The number of aliphatic hydroxyl groups is 2. The standard InChI is InChI=1S/C11H18N5O13P3.3Na/c12-11-14-8-5(9(19)15-11)13-2-16(8)10-7(18)6(17)4(28-10)1-27-32(25,26)29-31(23,24)3-30(20,21)22;;;/h2,4,6-7,10,17-18H,1,3H2,(H,23,24)(H,25,26)(H2,20,21,22)(H3,12,14,15,19);;;/q;;;+1/p-3/t4-,6-,7-,10-;;;/m1.../s1. The van der Waals surface area contributed by atoms with E-state index in [4.69, 9.17) is 15.4 Å². The maximum Gasteiger partial charge on any atom is 1.00 e. The molecule has 24 heteroatoms. The Morgan fingerprint density at radius 3 is 2.37 bits per heavy atom. The van der Waals surface area contributed by atoms with E-state index in [1.807, 2.05) is 0 Å². The minimum absolute atomic E-state index is 0. The molecular formula is C11H15N5Na3O13P3-2. The zero-order valence-corrected chi connectivity index (χ0v) is 27.2. The van der Waals surface area contributed by atoms with Gasteiger partial charge in [0.15, 0.2) is 25.0 Å². The number of nitrogens with two attached hydrogens (primary N) is 1. The minimum Gasteiger partial charge on any atom is -0.778 e. The van der Waals surface area contributed by atoms with Crippen LogP contribution in [0.25, 0.3) is 11.2 Å². The Labute approximate surface area is 262 Å². The second-order valence-corrected chi connectivity index (χ2v) is 12.0. The monoisotopic (exact) mass is 587 g/mol. The van der Waals surface area contributed by atoms with Gasteiger partial charge in [-0.2, -0.15) is 4.98 Å². The van der Waals surface area contributed by atoms with Crippen molar-refractivity contribution in [3.8, 4) is 0 Å². The van der Waals surface area contributed by atoms with E-state index in [2.05, 4.69) is 23.8 Å². The average molecular weight is 587 g/mol. The van der Waals surface area contributed by atoms with Crippen molar-refractivity contribution < 1.29 is 86.6 Å². The Morgan fingerprint density at radius 1 is 1.20 bits per heavy atom. The van der Waals surface area contributed by atoms with Gasteiger partial charge in [0.25, 0.3) is 13.4 Å². The van der Waals surface area contributed by atoms with Gasteiger partial charge in [0.1, 0.15) is 25.9 Å². The summed E-state index contributed by atoms with van der Waals surface area (Å²) in [5, 5.41) is 20.4. The molecule has 1 fully saturated rings. The van der Waals surface area contributed by atoms with Crippen LogP contribution in [0.15, 0.2) is 11.1 Å². The second-order valence-electron chi connectivity index (χ2n) is 6.54. The maximum atomic E-state index is 11.8. The first-order chi connectivity index (χ1) is 14.6. The number of imidazole rings is 1. The minimum atomic E-state index is -5.69. The van der Waals surface area contributed by atoms with Crippen LogP contribution >= 0.6 is 23.0 Å². The molecule has 1 aliphatic rings. The molecule has 3 rings (SSSR count). The molecule has 2 aromatic rings. The molecule has 0 amide bonds. The molecule has 182 valence electrons. The summed E-state index contributed by atoms with van der Waals surface area (Å²) in [5.74, 6) is -2.28. The molecule has 18 nitrogen and oxygen atoms in total. The van der Waals surface area contributed by atoms with Crippen LogP contribution in [-0.4, -0.2) is 125 Å². The molecule has 0 aromatic carbocycles. The number of nitrogens with one attached hydrogen (secondary N) is 1. The number of aromatic nitrogens is 4. The first-order valence-electron chi connectivity index (χ1n) is 8.32. The molecule has 0 aliphatic carbocycles. The first-order valence-corrected chi connectivity index (χ1v) is 13.3. The van der Waals surface area contributed by atoms with Crippen LogP contribution in [-0.2, 0) is 27.3 Å². The van der Waals surface area contributed by atoms with Crippen molar-refractivity contribution >= 4 is 99.2 Å². The van der Waals surface area contributed by atoms with Gasteiger partial charge >= 0.3 is 29.6 Å². The Hall–Kier alpha value is 1.48. The predicted octanol–water partition coefficient (Wildman–Crippen LogP) is -7.88. The molecule has 3 heterocycles. The van der Waals surface area contributed by atoms with Gasteiger partial charge < -0.3 is 53.9 Å². The normalized spacial score (nSPS) is 26.9. The van der Waals surface area contributed by atoms with E-state index in [0.717, 1.165) is 10.9 Å². The number of hydrogen-bond donors (Lipinski definition) is 5. The number of fused-ring (bicyclic) bond motifs is 1. The SMILES string of the molecule is Nc1nc2c(ncn2[C@@H]2O[C@H](COP(=O)([O-])OP(=O)([O-])CP(=O)([O-])O)[C@@H](O)[C@H]2O)c(=O)[nH]1.[Na+].[Na].[Na]. The molecule has 0 bridgehead atoms. The zero-order valence-electron chi connectivity index (χ0n) is 18.5. The molecule has 3 unspecified atom stereocenters. The molecule has 1 saturated heterocycles. The van der Waals surface area contributed by atoms with Gasteiger partial charge in [-0.3, -0.25) is 23.2 Å². The number of phosphoric ester groups is 1. The molecule has 1 aliphatic heterocycles. The van der Waals surface area contributed by atoms with Gasteiger partial charge in [-0.1, -0.05) is 0 Å². The topological polar surface area (TPSA) is 298 Å². The number of aliphatic hydroxyl groups excluding tert-OH is 2. The Bertz CT molecular complexity index is 1220. The zero-order chi connectivity index (χ0) is 24.1. The van der Waals surface area contributed by atoms with Gasteiger partial charge in [0.05, 0.1) is 18.8 Å². The number of H-pyrrole nitrogens is 1. The van der Waals surface area contributed by atoms with Crippen LogP contribution in [0.5, 0.6) is 0 Å². The van der Waals surface area contributed by atoms with E-state index in [1.54, 1.807) is 0 Å². The number of nitrogen functional groups attached to an aromatic ring is 1. The summed E-state index contributed by atoms with van der Waals surface area (Å²) in [7, 11) is -16.7. The first kappa shape index (κ1) is 36.5. The van der Waals surface area contributed by atoms with E-state index >= 15 is 0 Å². The molecule has 2 aromatic heterocycles. The summed E-state index contributed by atoms with van der Waals surface area (Å²) in [6, 6.07) is 0. The van der Waals surface area contributed by atoms with Crippen molar-refractivity contribution in [3.63, 3.8) is 0 Å². The fraction of sp³-hybridized carbons (Fsp3) is 0.545. The summed E-state index contributed by atoms with van der Waals surface area (Å²) in [5.41, 5.74) is 4.47. The number of rotatable bonds is 8. The smallest absolute Gasteiger partial charge is 0.778 e. The fourth-order valence-electron chi connectivity index (χ4n) is 2.81. The summed E-state index contributed by atoms with van der Waals surface area (Å²) < 4.78 is 48.1. The van der Waals surface area contributed by atoms with Gasteiger partial charge in [0, 0.05) is 59.1 Å². The van der Waals surface area contributed by atoms with Crippen molar-refractivity contribution in [3.05, 3.63) is 16.7 Å². The van der Waals surface area contributed by atoms with E-state index in [0.29, 0.717) is 0 Å². The average Bonchev–Trinajstić information content (AvgIpc) is 3.12. The number of aromatic amines is 1. The third kappa shape index (κ3) is 9.57. The van der Waals surface area contributed by atoms with Crippen LogP contribution in [0, 0.1) is 0 Å². The number of hydrogen-bond acceptors (Lipinski definition) is 15. The molecule has 0 saturated carbocycles. The Balaban J connectivity index is 0.00000385. The molecule has 2 radical (unpaired) electrons. The molecule has 7 atom stereocenters. The van der Waals surface area contributed by atoms with Crippen molar-refractivity contribution in [1.29, 1.82) is 0 Å². The van der Waals surface area contributed by atoms with Crippen LogP contribution < -0.4 is 55.5 Å². The van der Waals surface area contributed by atoms with Crippen LogP contribution in [0.1, 0.15) is 6.23 Å². The molecule has 35 heavy (non-hydrogen) atoms. The largest absolute Gasteiger partial charge is 1.00 e. The number of ether oxygens (including phenoxy) is 1. The third-order valence-electron chi connectivity index (χ3n) is 4.04. The maximum absolute atomic E-state index is 11.8. The van der Waals surface area contributed by atoms with E-state index in [-0.39, 0.29) is 106 Å². The van der Waals surface area contributed by atoms with Gasteiger partial charge in [-0.05, 0) is 0 Å². The number of nitrogens with zero attached hydrogens (tertiary/aromatic N) is 3.